The standard InChI is InChI=1S/C70H134N2O13/c1-6-11-16-21-24-31-41-64(39-29-19-14-9-4)84-67(73)43-33-27-36-52-82-62-66(83-54-37-28-34-44-68(74)85-65(40-30-20-15-10-5)42-32-25-22-17-12-7-2)69(75)72(48-35-26-23-18-13-8-3)51-55-79-57-59-81-61-60-80-58-56-78-53-38-47-71-49-45-63(46-50-71)70(76)77/h63-66H,6-62H2,1-5H3,(H,76,77). The molecule has 0 aliphatic carbocycles. The maximum atomic E-state index is 14.5. The van der Waals surface area contributed by atoms with Gasteiger partial charge in [0.15, 0.2) is 6.10 Å². The number of esters is 2. The number of piperidine rings is 1. The number of hydrogen-bond acceptors (Lipinski definition) is 13. The monoisotopic (exact) mass is 1210 g/mol. The van der Waals surface area contributed by atoms with Crippen LogP contribution in [0, 0.1) is 5.92 Å². The molecule has 3 unspecified atom stereocenters. The number of carboxylic acid groups (broad SMARTS) is 1. The second-order valence-electron chi connectivity index (χ2n) is 24.4. The molecule has 0 radical (unpaired) electrons. The van der Waals surface area contributed by atoms with Crippen LogP contribution in [-0.4, -0.2) is 162 Å². The minimum absolute atomic E-state index is 0.0110. The van der Waals surface area contributed by atoms with Crippen molar-refractivity contribution in [3.63, 3.8) is 0 Å². The first-order valence-corrected chi connectivity index (χ1v) is 35.8. The van der Waals surface area contributed by atoms with Gasteiger partial charge in [-0.3, -0.25) is 19.2 Å². The highest BCUT2D eigenvalue weighted by atomic mass is 16.6. The number of amides is 1. The molecule has 15 heteroatoms. The lowest BCUT2D eigenvalue weighted by atomic mass is 9.97. The maximum Gasteiger partial charge on any atom is 0.306 e. The van der Waals surface area contributed by atoms with E-state index in [0.29, 0.717) is 92.0 Å². The summed E-state index contributed by atoms with van der Waals surface area (Å²) in [6, 6.07) is 0. The summed E-state index contributed by atoms with van der Waals surface area (Å²) in [7, 11) is 0. The molecule has 0 aromatic carbocycles. The van der Waals surface area contributed by atoms with Gasteiger partial charge in [-0.05, 0) is 116 Å². The molecule has 1 aliphatic heterocycles. The number of carbonyl (C=O) groups excluding carboxylic acids is 3. The van der Waals surface area contributed by atoms with Gasteiger partial charge in [-0.15, -0.1) is 0 Å². The summed E-state index contributed by atoms with van der Waals surface area (Å²) in [6.45, 7) is 19.6. The molecular weight excluding hydrogens is 1080 g/mol. The zero-order valence-corrected chi connectivity index (χ0v) is 55.9. The third-order valence-corrected chi connectivity index (χ3v) is 16.6. The summed E-state index contributed by atoms with van der Waals surface area (Å²) in [5, 5.41) is 9.22. The van der Waals surface area contributed by atoms with E-state index in [4.69, 9.17) is 37.9 Å². The number of aliphatic carboxylic acids is 1. The molecule has 0 spiro atoms. The van der Waals surface area contributed by atoms with Gasteiger partial charge in [-0.25, -0.2) is 0 Å². The molecule has 1 saturated heterocycles. The fourth-order valence-corrected chi connectivity index (χ4v) is 11.1. The van der Waals surface area contributed by atoms with E-state index < -0.39 is 12.1 Å². The summed E-state index contributed by atoms with van der Waals surface area (Å²) in [4.78, 5) is 56.0. The van der Waals surface area contributed by atoms with Crippen molar-refractivity contribution in [3.8, 4) is 0 Å². The van der Waals surface area contributed by atoms with Crippen LogP contribution >= 0.6 is 0 Å². The number of carbonyl (C=O) groups is 4. The number of carboxylic acids is 1. The van der Waals surface area contributed by atoms with Crippen molar-refractivity contribution < 1.29 is 62.2 Å². The number of unbranched alkanes of at least 4 members (excludes halogenated alkanes) is 25. The molecule has 0 aromatic rings. The topological polar surface area (TPSA) is 169 Å². The number of nitrogens with zero attached hydrogens (tertiary/aromatic N) is 2. The van der Waals surface area contributed by atoms with Gasteiger partial charge in [0.25, 0.3) is 5.91 Å². The quantitative estimate of drug-likeness (QED) is 0.0451. The first kappa shape index (κ1) is 80.6. The van der Waals surface area contributed by atoms with Gasteiger partial charge < -0.3 is 52.8 Å². The van der Waals surface area contributed by atoms with Crippen LogP contribution in [0.25, 0.3) is 0 Å². The second kappa shape index (κ2) is 61.8. The lowest BCUT2D eigenvalue weighted by Gasteiger charge is -2.29. The Bertz CT molecular complexity index is 1480. The van der Waals surface area contributed by atoms with E-state index in [9.17, 15) is 24.3 Å². The van der Waals surface area contributed by atoms with E-state index in [1.165, 1.54) is 122 Å². The van der Waals surface area contributed by atoms with Gasteiger partial charge >= 0.3 is 17.9 Å². The molecule has 1 amide bonds. The molecule has 1 fully saturated rings. The zero-order valence-electron chi connectivity index (χ0n) is 55.9. The van der Waals surface area contributed by atoms with Crippen LogP contribution in [0.15, 0.2) is 0 Å². The predicted molar refractivity (Wildman–Crippen MR) is 345 cm³/mol. The Morgan fingerprint density at radius 3 is 1.25 bits per heavy atom. The molecule has 0 bridgehead atoms. The van der Waals surface area contributed by atoms with Crippen molar-refractivity contribution in [1.29, 1.82) is 0 Å². The first-order chi connectivity index (χ1) is 41.7. The van der Waals surface area contributed by atoms with Crippen LogP contribution in [0.5, 0.6) is 0 Å². The molecule has 1 rings (SSSR count). The van der Waals surface area contributed by atoms with E-state index in [-0.39, 0.29) is 42.6 Å². The molecule has 3 atom stereocenters. The lowest BCUT2D eigenvalue weighted by Crippen LogP contribution is -2.45. The summed E-state index contributed by atoms with van der Waals surface area (Å²) < 4.78 is 48.0. The molecule has 0 saturated carbocycles. The molecule has 1 aliphatic rings. The number of rotatable bonds is 66. The minimum atomic E-state index is -0.764. The summed E-state index contributed by atoms with van der Waals surface area (Å²) in [5.41, 5.74) is 0. The van der Waals surface area contributed by atoms with Gasteiger partial charge in [-0.1, -0.05) is 182 Å². The Hall–Kier alpha value is -2.40. The number of ether oxygens (including phenoxy) is 8. The Balaban J connectivity index is 2.75. The lowest BCUT2D eigenvalue weighted by molar-refractivity contribution is -0.151. The number of hydrogen-bond donors (Lipinski definition) is 1. The largest absolute Gasteiger partial charge is 0.481 e. The van der Waals surface area contributed by atoms with Gasteiger partial charge in [0.1, 0.15) is 12.2 Å². The Morgan fingerprint density at radius 1 is 0.412 bits per heavy atom. The molecule has 15 nitrogen and oxygen atoms in total. The van der Waals surface area contributed by atoms with Crippen molar-refractivity contribution in [2.24, 2.45) is 5.92 Å². The van der Waals surface area contributed by atoms with Crippen molar-refractivity contribution in [3.05, 3.63) is 0 Å². The molecule has 0 aromatic heterocycles. The third-order valence-electron chi connectivity index (χ3n) is 16.6. The average Bonchev–Trinajstić information content (AvgIpc) is 3.55. The van der Waals surface area contributed by atoms with E-state index in [1.807, 2.05) is 4.90 Å². The van der Waals surface area contributed by atoms with Crippen molar-refractivity contribution in [2.75, 3.05) is 105 Å². The highest BCUT2D eigenvalue weighted by Crippen LogP contribution is 2.21. The summed E-state index contributed by atoms with van der Waals surface area (Å²) in [5.74, 6) is -1.15. The average molecular weight is 1210 g/mol. The smallest absolute Gasteiger partial charge is 0.306 e. The highest BCUT2D eigenvalue weighted by Gasteiger charge is 2.27. The molecule has 1 N–H and O–H groups in total. The van der Waals surface area contributed by atoms with Crippen LogP contribution in [-0.2, 0) is 57.1 Å². The van der Waals surface area contributed by atoms with Crippen molar-refractivity contribution in [1.82, 2.24) is 9.80 Å². The van der Waals surface area contributed by atoms with E-state index in [0.717, 1.165) is 148 Å². The van der Waals surface area contributed by atoms with E-state index in [1.54, 1.807) is 0 Å². The number of likely N-dealkylation sites (tertiary alicyclic amines) is 1. The fourth-order valence-electron chi connectivity index (χ4n) is 11.1. The molecule has 1 heterocycles. The van der Waals surface area contributed by atoms with Gasteiger partial charge in [0, 0.05) is 52.3 Å². The highest BCUT2D eigenvalue weighted by molar-refractivity contribution is 5.81. The van der Waals surface area contributed by atoms with Gasteiger partial charge in [0.2, 0.25) is 0 Å². The fraction of sp³-hybridized carbons (Fsp3) is 0.943. The van der Waals surface area contributed by atoms with Crippen LogP contribution in [0.4, 0.5) is 0 Å². The predicted octanol–water partition coefficient (Wildman–Crippen LogP) is 16.2. The maximum absolute atomic E-state index is 14.5. The van der Waals surface area contributed by atoms with Crippen molar-refractivity contribution in [2.45, 2.75) is 316 Å². The van der Waals surface area contributed by atoms with E-state index in [2.05, 4.69) is 39.5 Å². The molecule has 85 heavy (non-hydrogen) atoms. The van der Waals surface area contributed by atoms with E-state index >= 15 is 0 Å². The summed E-state index contributed by atoms with van der Waals surface area (Å²) in [6.07, 6.45) is 41.8. The van der Waals surface area contributed by atoms with Crippen LogP contribution in [0.3, 0.4) is 0 Å². The van der Waals surface area contributed by atoms with Crippen LogP contribution in [0.2, 0.25) is 0 Å². The molecule has 502 valence electrons. The Labute approximate surface area is 521 Å². The van der Waals surface area contributed by atoms with Crippen LogP contribution in [0.1, 0.15) is 298 Å². The van der Waals surface area contributed by atoms with Gasteiger partial charge in [-0.2, -0.15) is 0 Å². The Kier molecular flexibility index (Phi) is 58.6. The van der Waals surface area contributed by atoms with Gasteiger partial charge in [0.05, 0.1) is 58.8 Å². The normalized spacial score (nSPS) is 14.2. The van der Waals surface area contributed by atoms with Crippen LogP contribution < -0.4 is 0 Å². The van der Waals surface area contributed by atoms with Crippen molar-refractivity contribution >= 4 is 23.8 Å². The zero-order chi connectivity index (χ0) is 61.7. The summed E-state index contributed by atoms with van der Waals surface area (Å²) >= 11 is 0. The minimum Gasteiger partial charge on any atom is -0.481 e. The first-order valence-electron chi connectivity index (χ1n) is 35.8. The third kappa shape index (κ3) is 51.1. The molecular formula is C70H134N2O13. The Morgan fingerprint density at radius 2 is 0.788 bits per heavy atom. The second-order valence-corrected chi connectivity index (χ2v) is 24.4. The SMILES string of the molecule is CCCCCCCCC(CCCCCC)OC(=O)CCCCCOCC(OCCCCCC(=O)OC(CCCCCC)CCCCCCCC)C(=O)N(CCCCCCCC)CCOCCOCCOCCOCCCN1CCC(C(=O)O)CC1.